The minimum Gasteiger partial charge on any atom is -0.458 e. The Bertz CT molecular complexity index is 763. The lowest BCUT2D eigenvalue weighted by atomic mass is 10.0. The number of rotatable bonds is 7. The SMILES string of the molecule is C=CCOC(=O)N(C)C(CCc1cc(F)c(C(F)(F)F)c(F)c1)C(=O)OC(C)(C)C. The summed E-state index contributed by atoms with van der Waals surface area (Å²) in [7, 11) is 1.27. The molecule has 0 saturated heterocycles. The molecule has 0 saturated carbocycles. The number of carbonyl (C=O) groups is 2. The van der Waals surface area contributed by atoms with Crippen LogP contribution in [0.1, 0.15) is 38.3 Å². The number of esters is 1. The Morgan fingerprint density at radius 1 is 1.17 bits per heavy atom. The molecule has 0 aliphatic heterocycles. The van der Waals surface area contributed by atoms with E-state index in [1.807, 2.05) is 0 Å². The average molecular weight is 437 g/mol. The second-order valence-corrected chi connectivity index (χ2v) is 7.50. The van der Waals surface area contributed by atoms with Crippen molar-refractivity contribution in [1.29, 1.82) is 0 Å². The summed E-state index contributed by atoms with van der Waals surface area (Å²) in [6.07, 6.45) is -5.09. The van der Waals surface area contributed by atoms with Crippen LogP contribution in [-0.2, 0) is 26.9 Å². The quantitative estimate of drug-likeness (QED) is 0.347. The van der Waals surface area contributed by atoms with Crippen LogP contribution in [0, 0.1) is 11.6 Å². The van der Waals surface area contributed by atoms with E-state index >= 15 is 0 Å². The predicted octanol–water partition coefficient (Wildman–Crippen LogP) is 4.88. The zero-order chi connectivity index (χ0) is 23.3. The fourth-order valence-corrected chi connectivity index (χ4v) is 2.54. The Balaban J connectivity index is 3.09. The number of halogens is 5. The molecular formula is C20H24F5NO4. The summed E-state index contributed by atoms with van der Waals surface area (Å²) in [6, 6.07) is -0.0997. The first kappa shape index (κ1) is 25.4. The Morgan fingerprint density at radius 2 is 1.70 bits per heavy atom. The van der Waals surface area contributed by atoms with Crippen LogP contribution in [0.15, 0.2) is 24.8 Å². The third-order valence-electron chi connectivity index (χ3n) is 3.85. The molecule has 30 heavy (non-hydrogen) atoms. The number of carbonyl (C=O) groups excluding carboxylic acids is 2. The lowest BCUT2D eigenvalue weighted by molar-refractivity contribution is -0.160. The first-order chi connectivity index (χ1) is 13.7. The van der Waals surface area contributed by atoms with Crippen molar-refractivity contribution in [2.24, 2.45) is 0 Å². The zero-order valence-corrected chi connectivity index (χ0v) is 17.1. The van der Waals surface area contributed by atoms with Crippen LogP contribution in [-0.4, -0.2) is 42.3 Å². The standard InChI is InChI=1S/C20H24F5NO4/c1-6-9-29-18(28)26(5)15(17(27)30-19(2,3)4)8-7-12-10-13(21)16(14(22)11-12)20(23,24)25/h6,10-11,15H,1,7-9H2,2-5H3. The maximum atomic E-state index is 13.8. The summed E-state index contributed by atoms with van der Waals surface area (Å²) in [5, 5.41) is 0. The molecule has 0 aliphatic carbocycles. The second-order valence-electron chi connectivity index (χ2n) is 7.50. The van der Waals surface area contributed by atoms with Gasteiger partial charge in [0.2, 0.25) is 0 Å². The number of alkyl halides is 3. The van der Waals surface area contributed by atoms with E-state index in [1.54, 1.807) is 20.8 Å². The van der Waals surface area contributed by atoms with Gasteiger partial charge in [0.05, 0.1) is 0 Å². The van der Waals surface area contributed by atoms with Gasteiger partial charge in [-0.3, -0.25) is 4.90 Å². The molecule has 1 aromatic rings. The molecule has 10 heteroatoms. The summed E-state index contributed by atoms with van der Waals surface area (Å²) in [5.74, 6) is -4.32. The summed E-state index contributed by atoms with van der Waals surface area (Å²) in [6.45, 7) is 8.12. The highest BCUT2D eigenvalue weighted by molar-refractivity contribution is 5.81. The zero-order valence-electron chi connectivity index (χ0n) is 17.1. The fourth-order valence-electron chi connectivity index (χ4n) is 2.54. The van der Waals surface area contributed by atoms with Gasteiger partial charge in [0.1, 0.15) is 35.4 Å². The number of likely N-dealkylation sites (N-methyl/N-ethyl adjacent to an activating group) is 1. The van der Waals surface area contributed by atoms with Gasteiger partial charge in [0.15, 0.2) is 0 Å². The number of amides is 1. The molecule has 1 amide bonds. The molecule has 0 aromatic heterocycles. The maximum absolute atomic E-state index is 13.8. The van der Waals surface area contributed by atoms with Crippen molar-refractivity contribution in [3.8, 4) is 0 Å². The minimum absolute atomic E-state index is 0.112. The van der Waals surface area contributed by atoms with Crippen LogP contribution in [0.3, 0.4) is 0 Å². The number of nitrogens with zero attached hydrogens (tertiary/aromatic N) is 1. The fraction of sp³-hybridized carbons (Fsp3) is 0.500. The van der Waals surface area contributed by atoms with E-state index in [9.17, 15) is 31.5 Å². The van der Waals surface area contributed by atoms with Gasteiger partial charge in [-0.05, 0) is 51.3 Å². The van der Waals surface area contributed by atoms with Gasteiger partial charge >= 0.3 is 18.2 Å². The van der Waals surface area contributed by atoms with Crippen molar-refractivity contribution >= 4 is 12.1 Å². The van der Waals surface area contributed by atoms with E-state index in [4.69, 9.17) is 9.47 Å². The third kappa shape index (κ3) is 7.31. The van der Waals surface area contributed by atoms with Gasteiger partial charge in [-0.15, -0.1) is 0 Å². The third-order valence-corrected chi connectivity index (χ3v) is 3.85. The molecule has 1 atom stereocenters. The Kier molecular flexibility index (Phi) is 8.38. The lowest BCUT2D eigenvalue weighted by Gasteiger charge is -2.29. The monoisotopic (exact) mass is 437 g/mol. The number of aryl methyl sites for hydroxylation is 1. The lowest BCUT2D eigenvalue weighted by Crippen LogP contribution is -2.45. The highest BCUT2D eigenvalue weighted by Crippen LogP contribution is 2.34. The first-order valence-electron chi connectivity index (χ1n) is 8.95. The number of hydrogen-bond acceptors (Lipinski definition) is 4. The number of ether oxygens (including phenoxy) is 2. The molecule has 168 valence electrons. The van der Waals surface area contributed by atoms with Crippen LogP contribution >= 0.6 is 0 Å². The van der Waals surface area contributed by atoms with E-state index in [-0.39, 0.29) is 25.0 Å². The van der Waals surface area contributed by atoms with Crippen LogP contribution in [0.5, 0.6) is 0 Å². The van der Waals surface area contributed by atoms with Crippen molar-refractivity contribution in [3.05, 3.63) is 47.5 Å². The molecule has 0 bridgehead atoms. The van der Waals surface area contributed by atoms with E-state index in [1.165, 1.54) is 13.1 Å². The van der Waals surface area contributed by atoms with E-state index in [0.29, 0.717) is 12.1 Å². The normalized spacial score (nSPS) is 12.8. The smallest absolute Gasteiger partial charge is 0.422 e. The summed E-state index contributed by atoms with van der Waals surface area (Å²) >= 11 is 0. The van der Waals surface area contributed by atoms with E-state index in [2.05, 4.69) is 6.58 Å². The maximum Gasteiger partial charge on any atom is 0.422 e. The van der Waals surface area contributed by atoms with E-state index < -0.39 is 47.1 Å². The van der Waals surface area contributed by atoms with Crippen molar-refractivity contribution in [1.82, 2.24) is 4.90 Å². The molecule has 0 heterocycles. The Labute approximate surface area is 171 Å². The second kappa shape index (κ2) is 9.90. The number of hydrogen-bond donors (Lipinski definition) is 0. The van der Waals surface area contributed by atoms with Crippen LogP contribution in [0.2, 0.25) is 0 Å². The highest BCUT2D eigenvalue weighted by atomic mass is 19.4. The molecule has 0 aliphatic rings. The molecule has 1 unspecified atom stereocenters. The summed E-state index contributed by atoms with van der Waals surface area (Å²) in [4.78, 5) is 25.6. The highest BCUT2D eigenvalue weighted by Gasteiger charge is 2.38. The van der Waals surface area contributed by atoms with Gasteiger partial charge in [-0.2, -0.15) is 13.2 Å². The van der Waals surface area contributed by atoms with Gasteiger partial charge in [0.25, 0.3) is 0 Å². The van der Waals surface area contributed by atoms with Crippen molar-refractivity contribution in [2.75, 3.05) is 13.7 Å². The first-order valence-corrected chi connectivity index (χ1v) is 8.95. The molecule has 1 aromatic carbocycles. The topological polar surface area (TPSA) is 55.8 Å². The van der Waals surface area contributed by atoms with Gasteiger partial charge in [-0.25, -0.2) is 18.4 Å². The molecule has 1 rings (SSSR count). The largest absolute Gasteiger partial charge is 0.458 e. The molecule has 5 nitrogen and oxygen atoms in total. The van der Waals surface area contributed by atoms with Crippen LogP contribution in [0.4, 0.5) is 26.7 Å². The predicted molar refractivity (Wildman–Crippen MR) is 98.6 cm³/mol. The summed E-state index contributed by atoms with van der Waals surface area (Å²) < 4.78 is 75.9. The van der Waals surface area contributed by atoms with E-state index in [0.717, 1.165) is 4.90 Å². The Morgan fingerprint density at radius 3 is 2.13 bits per heavy atom. The molecule has 0 spiro atoms. The van der Waals surface area contributed by atoms with Gasteiger partial charge < -0.3 is 9.47 Å². The van der Waals surface area contributed by atoms with Gasteiger partial charge in [0, 0.05) is 7.05 Å². The van der Waals surface area contributed by atoms with Crippen LogP contribution in [0.25, 0.3) is 0 Å². The Hall–Kier alpha value is -2.65. The van der Waals surface area contributed by atoms with Crippen molar-refractivity contribution in [2.45, 2.75) is 51.4 Å². The minimum atomic E-state index is -5.18. The van der Waals surface area contributed by atoms with Crippen LogP contribution < -0.4 is 0 Å². The molecule has 0 radical (unpaired) electrons. The molecule has 0 N–H and O–H groups in total. The van der Waals surface area contributed by atoms with Gasteiger partial charge in [-0.1, -0.05) is 12.7 Å². The molecular weight excluding hydrogens is 413 g/mol. The van der Waals surface area contributed by atoms with Crippen molar-refractivity contribution in [3.63, 3.8) is 0 Å². The average Bonchev–Trinajstić information content (AvgIpc) is 2.56. The number of benzene rings is 1. The summed E-state index contributed by atoms with van der Waals surface area (Å²) in [5.41, 5.74) is -2.98. The molecule has 0 fully saturated rings. The van der Waals surface area contributed by atoms with Crippen molar-refractivity contribution < 1.29 is 41.0 Å².